The minimum Gasteiger partial charge on any atom is -0.495 e. The van der Waals surface area contributed by atoms with Crippen LogP contribution in [-0.4, -0.2) is 60.4 Å². The van der Waals surface area contributed by atoms with E-state index in [-0.39, 0.29) is 0 Å². The topological polar surface area (TPSA) is 57.9 Å². The van der Waals surface area contributed by atoms with E-state index in [0.717, 1.165) is 67.9 Å². The predicted octanol–water partition coefficient (Wildman–Crippen LogP) is 5.22. The number of hydrogen-bond acceptors (Lipinski definition) is 4. The maximum Gasteiger partial charge on any atom is 0.311 e. The van der Waals surface area contributed by atoms with Gasteiger partial charge >= 0.3 is 5.97 Å². The molecule has 0 spiro atoms. The van der Waals surface area contributed by atoms with Crippen LogP contribution in [0, 0.1) is 0 Å². The van der Waals surface area contributed by atoms with E-state index in [2.05, 4.69) is 44.8 Å². The second-order valence-electron chi connectivity index (χ2n) is 9.16. The van der Waals surface area contributed by atoms with Crippen LogP contribution in [0.2, 0.25) is 0 Å². The number of rotatable bonds is 11. The molecule has 2 heterocycles. The van der Waals surface area contributed by atoms with Gasteiger partial charge in [-0.1, -0.05) is 43.7 Å². The number of hydrogen-bond donors (Lipinski definition) is 1. The predicted molar refractivity (Wildman–Crippen MR) is 138 cm³/mol. The summed E-state index contributed by atoms with van der Waals surface area (Å²) in [5, 5.41) is 10.7. The molecule has 34 heavy (non-hydrogen) atoms. The summed E-state index contributed by atoms with van der Waals surface area (Å²) in [6.07, 6.45) is 6.14. The lowest BCUT2D eigenvalue weighted by Crippen LogP contribution is -2.46. The number of piperazine rings is 1. The Hall–Kier alpha value is -2.99. The van der Waals surface area contributed by atoms with E-state index >= 15 is 0 Å². The molecule has 0 saturated carbocycles. The lowest BCUT2D eigenvalue weighted by Gasteiger charge is -2.36. The summed E-state index contributed by atoms with van der Waals surface area (Å²) in [7, 11) is 1.74. The van der Waals surface area contributed by atoms with E-state index in [9.17, 15) is 9.90 Å². The van der Waals surface area contributed by atoms with E-state index in [1.807, 2.05) is 31.2 Å². The van der Waals surface area contributed by atoms with Gasteiger partial charge in [0.25, 0.3) is 0 Å². The molecule has 0 amide bonds. The number of carboxylic acid groups (broad SMARTS) is 1. The molecule has 1 aromatic heterocycles. The number of fused-ring (bicyclic) bond motifs is 1. The van der Waals surface area contributed by atoms with Crippen LogP contribution < -0.4 is 9.64 Å². The van der Waals surface area contributed by atoms with Gasteiger partial charge in [0, 0.05) is 49.8 Å². The standard InChI is InChI=1S/C28H37N3O3/c1-3-22(28(32)33)24-21-31(25-12-6-5-11-23(24)25)16-10-4-9-15-29-17-19-30(20-18-29)26-13-7-8-14-27(26)34-2/h5-8,11-14,21-22H,3-4,9-10,15-20H2,1-2H3,(H,32,33). The van der Waals surface area contributed by atoms with E-state index in [0.29, 0.717) is 6.42 Å². The molecule has 1 N–H and O–H groups in total. The van der Waals surface area contributed by atoms with Gasteiger partial charge in [0.15, 0.2) is 0 Å². The van der Waals surface area contributed by atoms with Crippen molar-refractivity contribution in [3.8, 4) is 5.75 Å². The average molecular weight is 464 g/mol. The normalized spacial score (nSPS) is 15.5. The van der Waals surface area contributed by atoms with Gasteiger partial charge in [-0.25, -0.2) is 0 Å². The van der Waals surface area contributed by atoms with E-state index < -0.39 is 11.9 Å². The first kappa shape index (κ1) is 24.1. The molecule has 1 unspecified atom stereocenters. The Bertz CT molecular complexity index is 1090. The van der Waals surface area contributed by atoms with Gasteiger partial charge in [0.05, 0.1) is 18.7 Å². The molecule has 0 aliphatic carbocycles. The summed E-state index contributed by atoms with van der Waals surface area (Å²) in [5.74, 6) is -0.234. The number of para-hydroxylation sites is 3. The Morgan fingerprint density at radius 3 is 2.41 bits per heavy atom. The lowest BCUT2D eigenvalue weighted by molar-refractivity contribution is -0.138. The van der Waals surface area contributed by atoms with Crippen LogP contribution in [0.15, 0.2) is 54.7 Å². The first-order valence-corrected chi connectivity index (χ1v) is 12.5. The van der Waals surface area contributed by atoms with Gasteiger partial charge in [0.2, 0.25) is 0 Å². The van der Waals surface area contributed by atoms with Gasteiger partial charge in [-0.2, -0.15) is 0 Å². The number of nitrogens with zero attached hydrogens (tertiary/aromatic N) is 3. The molecule has 4 rings (SSSR count). The summed E-state index contributed by atoms with van der Waals surface area (Å²) >= 11 is 0. The van der Waals surface area contributed by atoms with Crippen LogP contribution in [-0.2, 0) is 11.3 Å². The molecule has 2 aromatic carbocycles. The minimum atomic E-state index is -0.740. The molecule has 1 atom stereocenters. The van der Waals surface area contributed by atoms with Crippen LogP contribution in [0.1, 0.15) is 44.1 Å². The summed E-state index contributed by atoms with van der Waals surface area (Å²) < 4.78 is 7.78. The van der Waals surface area contributed by atoms with Crippen molar-refractivity contribution in [1.82, 2.24) is 9.47 Å². The zero-order chi connectivity index (χ0) is 23.9. The largest absolute Gasteiger partial charge is 0.495 e. The van der Waals surface area contributed by atoms with E-state index in [1.165, 1.54) is 18.5 Å². The molecule has 1 saturated heterocycles. The second kappa shape index (κ2) is 11.4. The third-order valence-electron chi connectivity index (χ3n) is 7.07. The van der Waals surface area contributed by atoms with Crippen LogP contribution in [0.4, 0.5) is 5.69 Å². The lowest BCUT2D eigenvalue weighted by atomic mass is 9.96. The number of carbonyl (C=O) groups is 1. The molecule has 1 aliphatic rings. The molecular weight excluding hydrogens is 426 g/mol. The third-order valence-corrected chi connectivity index (χ3v) is 7.07. The van der Waals surface area contributed by atoms with Gasteiger partial charge in [-0.15, -0.1) is 0 Å². The van der Waals surface area contributed by atoms with Crippen LogP contribution in [0.25, 0.3) is 10.9 Å². The van der Waals surface area contributed by atoms with Crippen molar-refractivity contribution in [2.45, 2.75) is 45.1 Å². The number of aromatic nitrogens is 1. The van der Waals surface area contributed by atoms with E-state index in [4.69, 9.17) is 4.74 Å². The quantitative estimate of drug-likeness (QED) is 0.395. The number of ether oxygens (including phenoxy) is 1. The second-order valence-corrected chi connectivity index (χ2v) is 9.16. The van der Waals surface area contributed by atoms with Crippen molar-refractivity contribution < 1.29 is 14.6 Å². The number of aryl methyl sites for hydroxylation is 1. The van der Waals surface area contributed by atoms with Crippen LogP contribution in [0.5, 0.6) is 5.75 Å². The van der Waals surface area contributed by atoms with Crippen LogP contribution in [0.3, 0.4) is 0 Å². The molecule has 1 aliphatic heterocycles. The SMILES string of the molecule is CCC(C(=O)O)c1cn(CCCCCN2CCN(c3ccccc3OC)CC2)c2ccccc12. The minimum absolute atomic E-state index is 0.444. The summed E-state index contributed by atoms with van der Waals surface area (Å²) in [6, 6.07) is 16.5. The average Bonchev–Trinajstić information content (AvgIpc) is 3.23. The highest BCUT2D eigenvalue weighted by Gasteiger charge is 2.22. The zero-order valence-electron chi connectivity index (χ0n) is 20.4. The van der Waals surface area contributed by atoms with Gasteiger partial charge in [-0.3, -0.25) is 9.69 Å². The monoisotopic (exact) mass is 463 g/mol. The Kier molecular flexibility index (Phi) is 8.12. The molecular formula is C28H37N3O3. The number of unbranched alkanes of at least 4 members (excludes halogenated alkanes) is 2. The fourth-order valence-electron chi connectivity index (χ4n) is 5.16. The van der Waals surface area contributed by atoms with Crippen molar-refractivity contribution >= 4 is 22.6 Å². The highest BCUT2D eigenvalue weighted by Crippen LogP contribution is 2.31. The van der Waals surface area contributed by atoms with Crippen molar-refractivity contribution in [3.63, 3.8) is 0 Å². The third kappa shape index (κ3) is 5.39. The summed E-state index contributed by atoms with van der Waals surface area (Å²) in [5.41, 5.74) is 3.28. The Labute approximate surface area is 202 Å². The fourth-order valence-corrected chi connectivity index (χ4v) is 5.16. The smallest absolute Gasteiger partial charge is 0.311 e. The first-order chi connectivity index (χ1) is 16.6. The maximum absolute atomic E-state index is 11.7. The van der Waals surface area contributed by atoms with Gasteiger partial charge in [-0.05, 0) is 49.6 Å². The molecule has 6 nitrogen and oxygen atoms in total. The van der Waals surface area contributed by atoms with Crippen molar-refractivity contribution in [1.29, 1.82) is 0 Å². The van der Waals surface area contributed by atoms with Crippen molar-refractivity contribution in [2.24, 2.45) is 0 Å². The zero-order valence-corrected chi connectivity index (χ0v) is 20.4. The molecule has 3 aromatic rings. The van der Waals surface area contributed by atoms with Crippen LogP contribution >= 0.6 is 0 Å². The fraction of sp³-hybridized carbons (Fsp3) is 0.464. The molecule has 0 radical (unpaired) electrons. The van der Waals surface area contributed by atoms with Crippen molar-refractivity contribution in [2.75, 3.05) is 44.7 Å². The number of methoxy groups -OCH3 is 1. The number of carboxylic acids is 1. The summed E-state index contributed by atoms with van der Waals surface area (Å²) in [6.45, 7) is 8.23. The molecule has 1 fully saturated rings. The van der Waals surface area contributed by atoms with E-state index in [1.54, 1.807) is 7.11 Å². The first-order valence-electron chi connectivity index (χ1n) is 12.5. The van der Waals surface area contributed by atoms with Crippen molar-refractivity contribution in [3.05, 3.63) is 60.3 Å². The van der Waals surface area contributed by atoms with Gasteiger partial charge in [0.1, 0.15) is 5.75 Å². The Morgan fingerprint density at radius 2 is 1.68 bits per heavy atom. The molecule has 182 valence electrons. The molecule has 0 bridgehead atoms. The summed E-state index contributed by atoms with van der Waals surface area (Å²) in [4.78, 5) is 16.7. The maximum atomic E-state index is 11.7. The highest BCUT2D eigenvalue weighted by molar-refractivity contribution is 5.89. The Morgan fingerprint density at radius 1 is 0.971 bits per heavy atom. The number of aliphatic carboxylic acids is 1. The Balaban J connectivity index is 1.25. The molecule has 6 heteroatoms. The highest BCUT2D eigenvalue weighted by atomic mass is 16.5. The number of anilines is 1. The van der Waals surface area contributed by atoms with Gasteiger partial charge < -0.3 is 19.3 Å². The number of benzene rings is 2.